The maximum atomic E-state index is 11.2. The zero-order valence-electron chi connectivity index (χ0n) is 7.82. The summed E-state index contributed by atoms with van der Waals surface area (Å²) in [6.45, 7) is 1.93. The predicted octanol–water partition coefficient (Wildman–Crippen LogP) is 1.64. The summed E-state index contributed by atoms with van der Waals surface area (Å²) >= 11 is 0. The molecule has 0 atom stereocenters. The number of pyridine rings is 1. The Morgan fingerprint density at radius 3 is 2.93 bits per heavy atom. The lowest BCUT2D eigenvalue weighted by atomic mass is 10.0. The molecule has 0 aliphatic carbocycles. The zero-order valence-corrected chi connectivity index (χ0v) is 7.82. The van der Waals surface area contributed by atoms with Crippen LogP contribution in [0.2, 0.25) is 0 Å². The average Bonchev–Trinajstić information content (AvgIpc) is 2.16. The molecule has 3 heteroatoms. The fourth-order valence-corrected chi connectivity index (χ4v) is 1.56. The Hall–Kier alpha value is -1.90. The number of aromatic nitrogens is 1. The van der Waals surface area contributed by atoms with E-state index in [4.69, 9.17) is 5.73 Å². The maximum absolute atomic E-state index is 11.2. The second-order valence-electron chi connectivity index (χ2n) is 3.27. The third-order valence-corrected chi connectivity index (χ3v) is 2.16. The van der Waals surface area contributed by atoms with Gasteiger partial charge in [0.1, 0.15) is 0 Å². The van der Waals surface area contributed by atoms with Gasteiger partial charge in [-0.25, -0.2) is 0 Å². The lowest BCUT2D eigenvalue weighted by molar-refractivity contribution is 0.100. The fraction of sp³-hybridized carbons (Fsp3) is 0.0909. The van der Waals surface area contributed by atoms with Crippen molar-refractivity contribution in [1.82, 2.24) is 4.98 Å². The van der Waals surface area contributed by atoms with Gasteiger partial charge in [-0.05, 0) is 36.1 Å². The number of hydrogen-bond acceptors (Lipinski definition) is 2. The molecule has 1 amide bonds. The fourth-order valence-electron chi connectivity index (χ4n) is 1.56. The Balaban J connectivity index is 2.87. The second kappa shape index (κ2) is 3.10. The maximum Gasteiger partial charge on any atom is 0.249 e. The van der Waals surface area contributed by atoms with Crippen molar-refractivity contribution in [3.63, 3.8) is 0 Å². The van der Waals surface area contributed by atoms with Crippen molar-refractivity contribution < 1.29 is 4.79 Å². The number of amides is 1. The van der Waals surface area contributed by atoms with Crippen LogP contribution in [0.25, 0.3) is 10.8 Å². The molecule has 0 unspecified atom stereocenters. The Bertz CT molecular complexity index is 506. The van der Waals surface area contributed by atoms with Gasteiger partial charge in [-0.1, -0.05) is 0 Å². The SMILES string of the molecule is Cc1cc(C(N)=O)c2ccncc2c1. The summed E-state index contributed by atoms with van der Waals surface area (Å²) in [6, 6.07) is 5.58. The quantitative estimate of drug-likeness (QED) is 0.736. The van der Waals surface area contributed by atoms with Gasteiger partial charge >= 0.3 is 0 Å². The highest BCUT2D eigenvalue weighted by atomic mass is 16.1. The number of benzene rings is 1. The van der Waals surface area contributed by atoms with Crippen molar-refractivity contribution in [2.75, 3.05) is 0 Å². The molecule has 0 bridgehead atoms. The molecule has 0 fully saturated rings. The van der Waals surface area contributed by atoms with Crippen molar-refractivity contribution in [1.29, 1.82) is 0 Å². The van der Waals surface area contributed by atoms with Gasteiger partial charge in [-0.15, -0.1) is 0 Å². The van der Waals surface area contributed by atoms with Crippen LogP contribution in [0.15, 0.2) is 30.6 Å². The first-order chi connectivity index (χ1) is 6.68. The molecule has 0 saturated carbocycles. The Morgan fingerprint density at radius 1 is 1.43 bits per heavy atom. The summed E-state index contributed by atoms with van der Waals surface area (Å²) in [5, 5.41) is 1.81. The summed E-state index contributed by atoms with van der Waals surface area (Å²) in [5.41, 5.74) is 6.86. The summed E-state index contributed by atoms with van der Waals surface area (Å²) in [6.07, 6.45) is 3.39. The van der Waals surface area contributed by atoms with Gasteiger partial charge in [0.2, 0.25) is 5.91 Å². The first-order valence-electron chi connectivity index (χ1n) is 4.32. The highest BCUT2D eigenvalue weighted by Gasteiger charge is 2.06. The Morgan fingerprint density at radius 2 is 2.21 bits per heavy atom. The van der Waals surface area contributed by atoms with E-state index in [0.717, 1.165) is 16.3 Å². The molecular formula is C11H10N2O. The topological polar surface area (TPSA) is 56.0 Å². The molecule has 0 aliphatic heterocycles. The molecule has 2 rings (SSSR count). The third kappa shape index (κ3) is 1.33. The highest BCUT2D eigenvalue weighted by molar-refractivity contribution is 6.06. The Labute approximate surface area is 81.6 Å². The van der Waals surface area contributed by atoms with E-state index in [-0.39, 0.29) is 0 Å². The summed E-state index contributed by atoms with van der Waals surface area (Å²) in [5.74, 6) is -0.398. The number of hydrogen-bond donors (Lipinski definition) is 1. The zero-order chi connectivity index (χ0) is 10.1. The first kappa shape index (κ1) is 8.69. The van der Waals surface area contributed by atoms with Crippen LogP contribution in [0.5, 0.6) is 0 Å². The highest BCUT2D eigenvalue weighted by Crippen LogP contribution is 2.19. The number of carbonyl (C=O) groups excluding carboxylic acids is 1. The van der Waals surface area contributed by atoms with Crippen molar-refractivity contribution in [3.8, 4) is 0 Å². The van der Waals surface area contributed by atoms with E-state index in [9.17, 15) is 4.79 Å². The van der Waals surface area contributed by atoms with Crippen LogP contribution in [0.3, 0.4) is 0 Å². The van der Waals surface area contributed by atoms with Crippen molar-refractivity contribution in [2.24, 2.45) is 5.73 Å². The minimum atomic E-state index is -0.398. The first-order valence-corrected chi connectivity index (χ1v) is 4.32. The van der Waals surface area contributed by atoms with E-state index in [1.54, 1.807) is 24.5 Å². The standard InChI is InChI=1S/C11H10N2O/c1-7-4-8-6-13-3-2-9(8)10(5-7)11(12)14/h2-6H,1H3,(H2,12,14). The van der Waals surface area contributed by atoms with E-state index >= 15 is 0 Å². The number of rotatable bonds is 1. The van der Waals surface area contributed by atoms with Crippen LogP contribution in [-0.4, -0.2) is 10.9 Å². The number of nitrogens with two attached hydrogens (primary N) is 1. The van der Waals surface area contributed by atoms with E-state index in [2.05, 4.69) is 4.98 Å². The van der Waals surface area contributed by atoms with Crippen LogP contribution in [-0.2, 0) is 0 Å². The van der Waals surface area contributed by atoms with Crippen molar-refractivity contribution >= 4 is 16.7 Å². The molecule has 1 aromatic carbocycles. The summed E-state index contributed by atoms with van der Waals surface area (Å²) in [4.78, 5) is 15.2. The van der Waals surface area contributed by atoms with Gasteiger partial charge in [-0.3, -0.25) is 9.78 Å². The van der Waals surface area contributed by atoms with Gasteiger partial charge in [-0.2, -0.15) is 0 Å². The van der Waals surface area contributed by atoms with Gasteiger partial charge in [0.05, 0.1) is 0 Å². The Kier molecular flexibility index (Phi) is 1.93. The van der Waals surface area contributed by atoms with Gasteiger partial charge in [0, 0.05) is 23.3 Å². The lowest BCUT2D eigenvalue weighted by Crippen LogP contribution is -2.11. The molecule has 1 aromatic heterocycles. The molecule has 2 N–H and O–H groups in total. The van der Waals surface area contributed by atoms with E-state index in [0.29, 0.717) is 5.56 Å². The molecule has 14 heavy (non-hydrogen) atoms. The molecular weight excluding hydrogens is 176 g/mol. The molecule has 1 heterocycles. The molecule has 0 saturated heterocycles. The van der Waals surface area contributed by atoms with Crippen LogP contribution in [0, 0.1) is 6.92 Å². The van der Waals surface area contributed by atoms with E-state index in [1.165, 1.54) is 0 Å². The van der Waals surface area contributed by atoms with Crippen LogP contribution < -0.4 is 5.73 Å². The van der Waals surface area contributed by atoms with Crippen LogP contribution in [0.1, 0.15) is 15.9 Å². The molecule has 3 nitrogen and oxygen atoms in total. The average molecular weight is 186 g/mol. The number of fused-ring (bicyclic) bond motifs is 1. The van der Waals surface area contributed by atoms with Gasteiger partial charge < -0.3 is 5.73 Å². The number of nitrogens with zero attached hydrogens (tertiary/aromatic N) is 1. The monoisotopic (exact) mass is 186 g/mol. The normalized spacial score (nSPS) is 10.4. The largest absolute Gasteiger partial charge is 0.366 e. The summed E-state index contributed by atoms with van der Waals surface area (Å²) < 4.78 is 0. The van der Waals surface area contributed by atoms with Gasteiger partial charge in [0.25, 0.3) is 0 Å². The molecule has 0 aliphatic rings. The van der Waals surface area contributed by atoms with Gasteiger partial charge in [0.15, 0.2) is 0 Å². The van der Waals surface area contributed by atoms with E-state index in [1.807, 2.05) is 13.0 Å². The molecule has 0 spiro atoms. The minimum Gasteiger partial charge on any atom is -0.366 e. The third-order valence-electron chi connectivity index (χ3n) is 2.16. The predicted molar refractivity (Wildman–Crippen MR) is 55.0 cm³/mol. The van der Waals surface area contributed by atoms with Crippen LogP contribution >= 0.6 is 0 Å². The van der Waals surface area contributed by atoms with Crippen molar-refractivity contribution in [3.05, 3.63) is 41.7 Å². The van der Waals surface area contributed by atoms with Crippen molar-refractivity contribution in [2.45, 2.75) is 6.92 Å². The molecule has 70 valence electrons. The smallest absolute Gasteiger partial charge is 0.249 e. The number of aryl methyl sites for hydroxylation is 1. The summed E-state index contributed by atoms with van der Waals surface area (Å²) in [7, 11) is 0. The van der Waals surface area contributed by atoms with Crippen LogP contribution in [0.4, 0.5) is 0 Å². The lowest BCUT2D eigenvalue weighted by Gasteiger charge is -2.03. The molecule has 2 aromatic rings. The minimum absolute atomic E-state index is 0.398. The second-order valence-corrected chi connectivity index (χ2v) is 3.27. The molecule has 0 radical (unpaired) electrons. The number of carbonyl (C=O) groups is 1. The van der Waals surface area contributed by atoms with E-state index < -0.39 is 5.91 Å². The number of primary amides is 1.